The van der Waals surface area contributed by atoms with Crippen LogP contribution >= 0.6 is 15.9 Å². The number of urea groups is 1. The number of rotatable bonds is 7. The maximum Gasteiger partial charge on any atom is 0.332 e. The van der Waals surface area contributed by atoms with Gasteiger partial charge in [-0.25, -0.2) is 10.2 Å². The first-order valence-electron chi connectivity index (χ1n) is 8.84. The van der Waals surface area contributed by atoms with E-state index >= 15 is 0 Å². The standard InChI is InChI=1S/C21H19BrN4O4/c1-29-18-9-14(11-24-26-21(23)28)16(22)10-19(18)30-12-20(27)25-17-8-4-6-13-5-2-3-7-15(13)17/h2-11H,12H2,1H3,(H,25,27)(H3,23,26,28)/b24-11+. The average molecular weight is 471 g/mol. The summed E-state index contributed by atoms with van der Waals surface area (Å²) in [5.41, 5.74) is 8.41. The van der Waals surface area contributed by atoms with Gasteiger partial charge in [0.25, 0.3) is 5.91 Å². The molecule has 0 heterocycles. The summed E-state index contributed by atoms with van der Waals surface area (Å²) in [5.74, 6) is 0.468. The van der Waals surface area contributed by atoms with Gasteiger partial charge < -0.3 is 20.5 Å². The van der Waals surface area contributed by atoms with Crippen molar-refractivity contribution >= 4 is 50.5 Å². The number of hydrogen-bond acceptors (Lipinski definition) is 5. The lowest BCUT2D eigenvalue weighted by Gasteiger charge is -2.13. The van der Waals surface area contributed by atoms with Gasteiger partial charge in [0.1, 0.15) is 0 Å². The number of hydrazone groups is 1. The van der Waals surface area contributed by atoms with Gasteiger partial charge in [-0.1, -0.05) is 36.4 Å². The van der Waals surface area contributed by atoms with Crippen molar-refractivity contribution < 1.29 is 19.1 Å². The second-order valence-electron chi connectivity index (χ2n) is 6.12. The number of nitrogens with zero attached hydrogens (tertiary/aromatic N) is 1. The number of ether oxygens (including phenoxy) is 2. The van der Waals surface area contributed by atoms with Crippen molar-refractivity contribution in [2.45, 2.75) is 0 Å². The van der Waals surface area contributed by atoms with Gasteiger partial charge in [-0.05, 0) is 39.5 Å². The summed E-state index contributed by atoms with van der Waals surface area (Å²) < 4.78 is 11.6. The number of carbonyl (C=O) groups excluding carboxylic acids is 2. The normalized spacial score (nSPS) is 10.7. The number of nitrogens with one attached hydrogen (secondary N) is 2. The van der Waals surface area contributed by atoms with Crippen LogP contribution in [-0.4, -0.2) is 31.9 Å². The van der Waals surface area contributed by atoms with Gasteiger partial charge in [0, 0.05) is 21.1 Å². The molecule has 9 heteroatoms. The van der Waals surface area contributed by atoms with Crippen molar-refractivity contribution in [3.05, 3.63) is 64.6 Å². The number of hydrogen-bond donors (Lipinski definition) is 3. The molecule has 4 N–H and O–H groups in total. The van der Waals surface area contributed by atoms with Crippen molar-refractivity contribution in [2.24, 2.45) is 10.8 Å². The van der Waals surface area contributed by atoms with E-state index in [1.54, 1.807) is 12.1 Å². The Bertz CT molecular complexity index is 1110. The monoisotopic (exact) mass is 470 g/mol. The third-order valence-electron chi connectivity index (χ3n) is 4.08. The topological polar surface area (TPSA) is 115 Å². The lowest BCUT2D eigenvalue weighted by Crippen LogP contribution is -2.24. The van der Waals surface area contributed by atoms with Crippen LogP contribution < -0.4 is 25.9 Å². The highest BCUT2D eigenvalue weighted by molar-refractivity contribution is 9.10. The number of methoxy groups -OCH3 is 1. The van der Waals surface area contributed by atoms with Crippen molar-refractivity contribution in [1.29, 1.82) is 0 Å². The fourth-order valence-corrected chi connectivity index (χ4v) is 3.18. The molecule has 3 aromatic carbocycles. The summed E-state index contributed by atoms with van der Waals surface area (Å²) in [7, 11) is 1.48. The molecule has 0 bridgehead atoms. The molecule has 3 rings (SSSR count). The van der Waals surface area contributed by atoms with Crippen LogP contribution in [0.1, 0.15) is 5.56 Å². The molecule has 0 radical (unpaired) electrons. The molecular formula is C21H19BrN4O4. The largest absolute Gasteiger partial charge is 0.493 e. The smallest absolute Gasteiger partial charge is 0.332 e. The number of primary amides is 1. The fraction of sp³-hybridized carbons (Fsp3) is 0.0952. The summed E-state index contributed by atoms with van der Waals surface area (Å²) in [4.78, 5) is 23.1. The summed E-state index contributed by atoms with van der Waals surface area (Å²) >= 11 is 3.39. The van der Waals surface area contributed by atoms with E-state index < -0.39 is 6.03 Å². The van der Waals surface area contributed by atoms with E-state index in [2.05, 4.69) is 31.8 Å². The first-order chi connectivity index (χ1) is 14.5. The molecule has 0 spiro atoms. The van der Waals surface area contributed by atoms with E-state index in [-0.39, 0.29) is 12.5 Å². The Balaban J connectivity index is 1.70. The van der Waals surface area contributed by atoms with Crippen LogP contribution in [0.4, 0.5) is 10.5 Å². The third kappa shape index (κ3) is 5.26. The molecule has 0 aliphatic rings. The van der Waals surface area contributed by atoms with Crippen LogP contribution in [0.25, 0.3) is 10.8 Å². The minimum Gasteiger partial charge on any atom is -0.493 e. The number of nitrogens with two attached hydrogens (primary N) is 1. The first kappa shape index (κ1) is 21.1. The molecule has 0 unspecified atom stereocenters. The molecular weight excluding hydrogens is 452 g/mol. The first-order valence-corrected chi connectivity index (χ1v) is 9.63. The molecule has 0 saturated heterocycles. The molecule has 3 amide bonds. The molecule has 3 aromatic rings. The average Bonchev–Trinajstić information content (AvgIpc) is 2.73. The Hall–Kier alpha value is -3.59. The van der Waals surface area contributed by atoms with Crippen molar-refractivity contribution in [3.8, 4) is 11.5 Å². The number of halogens is 1. The second-order valence-corrected chi connectivity index (χ2v) is 6.98. The van der Waals surface area contributed by atoms with Crippen molar-refractivity contribution in [2.75, 3.05) is 19.0 Å². The van der Waals surface area contributed by atoms with Gasteiger partial charge in [0.15, 0.2) is 18.1 Å². The molecule has 0 fully saturated rings. The zero-order valence-electron chi connectivity index (χ0n) is 16.0. The molecule has 0 aliphatic carbocycles. The van der Waals surface area contributed by atoms with Crippen LogP contribution in [0.15, 0.2) is 64.2 Å². The Morgan fingerprint density at radius 3 is 2.67 bits per heavy atom. The Kier molecular flexibility index (Phi) is 6.87. The summed E-state index contributed by atoms with van der Waals surface area (Å²) in [6.07, 6.45) is 1.40. The van der Waals surface area contributed by atoms with Crippen LogP contribution in [-0.2, 0) is 4.79 Å². The van der Waals surface area contributed by atoms with E-state index in [1.165, 1.54) is 13.3 Å². The van der Waals surface area contributed by atoms with E-state index in [0.29, 0.717) is 27.2 Å². The Morgan fingerprint density at radius 2 is 1.90 bits per heavy atom. The number of carbonyl (C=O) groups is 2. The van der Waals surface area contributed by atoms with E-state index in [1.807, 2.05) is 42.5 Å². The van der Waals surface area contributed by atoms with E-state index in [4.69, 9.17) is 15.2 Å². The molecule has 30 heavy (non-hydrogen) atoms. The summed E-state index contributed by atoms with van der Waals surface area (Å²) in [5, 5.41) is 8.56. The zero-order valence-corrected chi connectivity index (χ0v) is 17.6. The molecule has 0 saturated carbocycles. The Labute approximate surface area is 181 Å². The lowest BCUT2D eigenvalue weighted by atomic mass is 10.1. The van der Waals surface area contributed by atoms with Crippen LogP contribution in [0.5, 0.6) is 11.5 Å². The SMILES string of the molecule is COc1cc(/C=N/NC(N)=O)c(Br)cc1OCC(=O)Nc1cccc2ccccc12. The zero-order chi connectivity index (χ0) is 21.5. The van der Waals surface area contributed by atoms with Gasteiger partial charge in [0.05, 0.1) is 13.3 Å². The molecule has 8 nitrogen and oxygen atoms in total. The maximum absolute atomic E-state index is 12.4. The molecule has 0 atom stereocenters. The predicted molar refractivity (Wildman–Crippen MR) is 119 cm³/mol. The summed E-state index contributed by atoms with van der Waals surface area (Å²) in [6, 6.07) is 16.0. The highest BCUT2D eigenvalue weighted by atomic mass is 79.9. The minimum absolute atomic E-state index is 0.206. The van der Waals surface area contributed by atoms with Gasteiger partial charge >= 0.3 is 6.03 Å². The van der Waals surface area contributed by atoms with Crippen LogP contribution in [0.3, 0.4) is 0 Å². The quantitative estimate of drug-likeness (QED) is 0.361. The Morgan fingerprint density at radius 1 is 1.13 bits per heavy atom. The number of benzene rings is 3. The second kappa shape index (κ2) is 9.75. The van der Waals surface area contributed by atoms with Crippen molar-refractivity contribution in [1.82, 2.24) is 5.43 Å². The number of anilines is 1. The third-order valence-corrected chi connectivity index (χ3v) is 4.77. The highest BCUT2D eigenvalue weighted by Crippen LogP contribution is 2.33. The highest BCUT2D eigenvalue weighted by Gasteiger charge is 2.12. The molecule has 0 aliphatic heterocycles. The van der Waals surface area contributed by atoms with Crippen LogP contribution in [0, 0.1) is 0 Å². The maximum atomic E-state index is 12.4. The van der Waals surface area contributed by atoms with Gasteiger partial charge in [-0.3, -0.25) is 4.79 Å². The van der Waals surface area contributed by atoms with Crippen LogP contribution in [0.2, 0.25) is 0 Å². The van der Waals surface area contributed by atoms with Gasteiger partial charge in [0.2, 0.25) is 0 Å². The lowest BCUT2D eigenvalue weighted by molar-refractivity contribution is -0.118. The molecule has 0 aromatic heterocycles. The predicted octanol–water partition coefficient (Wildman–Crippen LogP) is 3.63. The number of fused-ring (bicyclic) bond motifs is 1. The van der Waals surface area contributed by atoms with Gasteiger partial charge in [-0.2, -0.15) is 5.10 Å². The van der Waals surface area contributed by atoms with E-state index in [0.717, 1.165) is 10.8 Å². The minimum atomic E-state index is -0.772. The van der Waals surface area contributed by atoms with E-state index in [9.17, 15) is 9.59 Å². The van der Waals surface area contributed by atoms with Crippen molar-refractivity contribution in [3.63, 3.8) is 0 Å². The summed E-state index contributed by atoms with van der Waals surface area (Å²) in [6.45, 7) is -0.206. The fourth-order valence-electron chi connectivity index (χ4n) is 2.75. The molecule has 154 valence electrons. The van der Waals surface area contributed by atoms with Gasteiger partial charge in [-0.15, -0.1) is 0 Å². The number of amides is 3.